The Balaban J connectivity index is 1.69. The van der Waals surface area contributed by atoms with E-state index >= 15 is 0 Å². The minimum Gasteiger partial charge on any atom is -0.495 e. The number of nitrogens with zero attached hydrogens (tertiary/aromatic N) is 3. The Morgan fingerprint density at radius 3 is 2.84 bits per heavy atom. The number of esters is 1. The molecule has 2 heterocycles. The SMILES string of the molecule is COc1ccc(C)cc1N1CC(C(=O)OCc2nonc2C)CC1=O. The molecule has 1 unspecified atom stereocenters. The van der Waals surface area contributed by atoms with Gasteiger partial charge in [0, 0.05) is 13.0 Å². The number of carbonyl (C=O) groups excluding carboxylic acids is 2. The zero-order valence-electron chi connectivity index (χ0n) is 14.3. The van der Waals surface area contributed by atoms with E-state index in [1.807, 2.05) is 25.1 Å². The Morgan fingerprint density at radius 1 is 1.36 bits per heavy atom. The molecule has 132 valence electrons. The van der Waals surface area contributed by atoms with E-state index in [1.54, 1.807) is 18.9 Å². The Morgan fingerprint density at radius 2 is 2.16 bits per heavy atom. The topological polar surface area (TPSA) is 94.8 Å². The number of hydrogen-bond acceptors (Lipinski definition) is 7. The standard InChI is InChI=1S/C17H19N3O5/c1-10-4-5-15(23-3)14(6-10)20-8-12(7-16(20)21)17(22)24-9-13-11(2)18-25-19-13/h4-6,12H,7-9H2,1-3H3. The minimum atomic E-state index is -0.530. The molecule has 2 aromatic rings. The summed E-state index contributed by atoms with van der Waals surface area (Å²) in [7, 11) is 1.55. The van der Waals surface area contributed by atoms with E-state index in [0.717, 1.165) is 5.56 Å². The van der Waals surface area contributed by atoms with E-state index in [4.69, 9.17) is 9.47 Å². The van der Waals surface area contributed by atoms with Gasteiger partial charge in [0.15, 0.2) is 0 Å². The summed E-state index contributed by atoms with van der Waals surface area (Å²) in [6.07, 6.45) is 0.103. The molecular weight excluding hydrogens is 326 g/mol. The van der Waals surface area contributed by atoms with Gasteiger partial charge < -0.3 is 14.4 Å². The number of methoxy groups -OCH3 is 1. The summed E-state index contributed by atoms with van der Waals surface area (Å²) in [6, 6.07) is 5.59. The van der Waals surface area contributed by atoms with E-state index in [1.165, 1.54) is 0 Å². The van der Waals surface area contributed by atoms with Crippen LogP contribution in [0.5, 0.6) is 5.75 Å². The number of hydrogen-bond donors (Lipinski definition) is 0. The third kappa shape index (κ3) is 3.47. The van der Waals surface area contributed by atoms with Gasteiger partial charge in [0.05, 0.1) is 18.7 Å². The fraction of sp³-hybridized carbons (Fsp3) is 0.412. The van der Waals surface area contributed by atoms with Crippen LogP contribution in [0.1, 0.15) is 23.4 Å². The van der Waals surface area contributed by atoms with Crippen LogP contribution in [-0.4, -0.2) is 35.8 Å². The van der Waals surface area contributed by atoms with Crippen molar-refractivity contribution in [3.63, 3.8) is 0 Å². The Hall–Kier alpha value is -2.90. The van der Waals surface area contributed by atoms with Gasteiger partial charge in [-0.25, -0.2) is 4.63 Å². The van der Waals surface area contributed by atoms with Crippen molar-refractivity contribution in [2.45, 2.75) is 26.9 Å². The van der Waals surface area contributed by atoms with Crippen LogP contribution in [0.25, 0.3) is 0 Å². The second-order valence-electron chi connectivity index (χ2n) is 5.98. The van der Waals surface area contributed by atoms with E-state index in [9.17, 15) is 9.59 Å². The van der Waals surface area contributed by atoms with Crippen LogP contribution in [0.3, 0.4) is 0 Å². The monoisotopic (exact) mass is 345 g/mol. The molecule has 1 amide bonds. The van der Waals surface area contributed by atoms with Gasteiger partial charge in [0.2, 0.25) is 5.91 Å². The van der Waals surface area contributed by atoms with Crippen molar-refractivity contribution < 1.29 is 23.7 Å². The number of amides is 1. The normalized spacial score (nSPS) is 17.0. The van der Waals surface area contributed by atoms with Crippen LogP contribution in [-0.2, 0) is 20.9 Å². The van der Waals surface area contributed by atoms with Gasteiger partial charge in [0.25, 0.3) is 0 Å². The molecule has 0 radical (unpaired) electrons. The lowest BCUT2D eigenvalue weighted by molar-refractivity contribution is -0.149. The maximum Gasteiger partial charge on any atom is 0.311 e. The van der Waals surface area contributed by atoms with Gasteiger partial charge in [-0.15, -0.1) is 0 Å². The quantitative estimate of drug-likeness (QED) is 0.762. The lowest BCUT2D eigenvalue weighted by Gasteiger charge is -2.20. The van der Waals surface area contributed by atoms with Gasteiger partial charge in [-0.3, -0.25) is 9.59 Å². The molecule has 0 aliphatic carbocycles. The number of carbonyl (C=O) groups is 2. The first-order chi connectivity index (χ1) is 12.0. The van der Waals surface area contributed by atoms with Gasteiger partial charge in [0.1, 0.15) is 23.7 Å². The number of aromatic nitrogens is 2. The first-order valence-corrected chi connectivity index (χ1v) is 7.89. The van der Waals surface area contributed by atoms with Gasteiger partial charge >= 0.3 is 5.97 Å². The highest BCUT2D eigenvalue weighted by Crippen LogP contribution is 2.34. The highest BCUT2D eigenvalue weighted by molar-refractivity contribution is 6.00. The van der Waals surface area contributed by atoms with Crippen LogP contribution in [0.2, 0.25) is 0 Å². The molecule has 1 aliphatic rings. The van der Waals surface area contributed by atoms with Crippen molar-refractivity contribution in [2.24, 2.45) is 5.92 Å². The number of ether oxygens (including phenoxy) is 2. The summed E-state index contributed by atoms with van der Waals surface area (Å²) < 4.78 is 15.1. The molecule has 3 rings (SSSR count). The predicted molar refractivity (Wildman–Crippen MR) is 87.0 cm³/mol. The number of aryl methyl sites for hydroxylation is 2. The fourth-order valence-corrected chi connectivity index (χ4v) is 2.75. The number of rotatable bonds is 5. The van der Waals surface area contributed by atoms with Crippen molar-refractivity contribution in [3.8, 4) is 5.75 Å². The second-order valence-corrected chi connectivity index (χ2v) is 5.98. The average Bonchev–Trinajstić information content (AvgIpc) is 3.18. The minimum absolute atomic E-state index is 0.0212. The van der Waals surface area contributed by atoms with Crippen LogP contribution >= 0.6 is 0 Å². The van der Waals surface area contributed by atoms with Crippen molar-refractivity contribution in [1.82, 2.24) is 10.3 Å². The van der Waals surface area contributed by atoms with Crippen molar-refractivity contribution >= 4 is 17.6 Å². The summed E-state index contributed by atoms with van der Waals surface area (Å²) in [5, 5.41) is 7.30. The predicted octanol–water partition coefficient (Wildman–Crippen LogP) is 1.79. The third-order valence-electron chi connectivity index (χ3n) is 4.18. The molecule has 0 saturated carbocycles. The first-order valence-electron chi connectivity index (χ1n) is 7.89. The molecular formula is C17H19N3O5. The molecule has 0 bridgehead atoms. The van der Waals surface area contributed by atoms with Gasteiger partial charge in [-0.1, -0.05) is 16.4 Å². The highest BCUT2D eigenvalue weighted by atomic mass is 16.6. The summed E-state index contributed by atoms with van der Waals surface area (Å²) >= 11 is 0. The second kappa shape index (κ2) is 6.92. The third-order valence-corrected chi connectivity index (χ3v) is 4.18. The zero-order valence-corrected chi connectivity index (χ0v) is 14.3. The molecule has 1 aromatic heterocycles. The van der Waals surface area contributed by atoms with Crippen molar-refractivity contribution in [2.75, 3.05) is 18.6 Å². The van der Waals surface area contributed by atoms with E-state index < -0.39 is 11.9 Å². The van der Waals surface area contributed by atoms with Gasteiger partial charge in [-0.2, -0.15) is 0 Å². The first kappa shape index (κ1) is 16.9. The summed E-state index contributed by atoms with van der Waals surface area (Å²) in [4.78, 5) is 26.2. The average molecular weight is 345 g/mol. The molecule has 25 heavy (non-hydrogen) atoms. The Bertz CT molecular complexity index is 801. The highest BCUT2D eigenvalue weighted by Gasteiger charge is 2.37. The van der Waals surface area contributed by atoms with E-state index in [2.05, 4.69) is 14.9 Å². The molecule has 0 N–H and O–H groups in total. The van der Waals surface area contributed by atoms with E-state index in [0.29, 0.717) is 22.8 Å². The Kier molecular flexibility index (Phi) is 4.69. The molecule has 8 heteroatoms. The lowest BCUT2D eigenvalue weighted by atomic mass is 10.1. The number of anilines is 1. The number of benzene rings is 1. The molecule has 1 atom stereocenters. The van der Waals surface area contributed by atoms with Gasteiger partial charge in [-0.05, 0) is 31.5 Å². The maximum absolute atomic E-state index is 12.4. The molecule has 1 aliphatic heterocycles. The molecule has 1 saturated heterocycles. The molecule has 1 aromatic carbocycles. The summed E-state index contributed by atoms with van der Waals surface area (Å²) in [5.41, 5.74) is 2.71. The Labute approximate surface area is 144 Å². The molecule has 1 fully saturated rings. The van der Waals surface area contributed by atoms with Crippen LogP contribution in [0.4, 0.5) is 5.69 Å². The maximum atomic E-state index is 12.4. The summed E-state index contributed by atoms with van der Waals surface area (Å²) in [5.74, 6) is -0.509. The van der Waals surface area contributed by atoms with Crippen molar-refractivity contribution in [3.05, 3.63) is 35.2 Å². The van der Waals surface area contributed by atoms with Crippen molar-refractivity contribution in [1.29, 1.82) is 0 Å². The largest absolute Gasteiger partial charge is 0.495 e. The fourth-order valence-electron chi connectivity index (χ4n) is 2.75. The lowest BCUT2D eigenvalue weighted by Crippen LogP contribution is -2.27. The van der Waals surface area contributed by atoms with E-state index in [-0.39, 0.29) is 25.5 Å². The van der Waals surface area contributed by atoms with Crippen LogP contribution in [0.15, 0.2) is 22.8 Å². The molecule has 8 nitrogen and oxygen atoms in total. The van der Waals surface area contributed by atoms with Crippen LogP contribution < -0.4 is 9.64 Å². The zero-order chi connectivity index (χ0) is 18.0. The smallest absolute Gasteiger partial charge is 0.311 e. The summed E-state index contributed by atoms with van der Waals surface area (Å²) in [6.45, 7) is 3.88. The van der Waals surface area contributed by atoms with Crippen LogP contribution in [0, 0.1) is 19.8 Å². The molecule has 0 spiro atoms.